The van der Waals surface area contributed by atoms with Crippen molar-refractivity contribution in [2.24, 2.45) is 5.73 Å². The average molecular weight is 191 g/mol. The number of esters is 1. The Morgan fingerprint density at radius 3 is 2.23 bits per heavy atom. The van der Waals surface area contributed by atoms with Crippen molar-refractivity contribution < 1.29 is 29.3 Å². The van der Waals surface area contributed by atoms with Crippen molar-refractivity contribution in [1.29, 1.82) is 0 Å². The molecule has 74 valence electrons. The van der Waals surface area contributed by atoms with Crippen molar-refractivity contribution in [3.8, 4) is 0 Å². The molecule has 7 nitrogen and oxygen atoms in total. The summed E-state index contributed by atoms with van der Waals surface area (Å²) in [6.07, 6.45) is -0.539. The van der Waals surface area contributed by atoms with Gasteiger partial charge in [-0.2, -0.15) is 0 Å². The molecule has 13 heavy (non-hydrogen) atoms. The van der Waals surface area contributed by atoms with Crippen LogP contribution in [0.5, 0.6) is 0 Å². The molecule has 0 bridgehead atoms. The third kappa shape index (κ3) is 5.62. The number of carbonyl (C=O) groups excluding carboxylic acids is 1. The molecule has 1 atom stereocenters. The maximum absolute atomic E-state index is 10.6. The number of carboxylic acids is 2. The van der Waals surface area contributed by atoms with E-state index >= 15 is 0 Å². The van der Waals surface area contributed by atoms with Crippen LogP contribution in [-0.2, 0) is 19.1 Å². The molecule has 0 radical (unpaired) electrons. The zero-order valence-electron chi connectivity index (χ0n) is 6.60. The van der Waals surface area contributed by atoms with Crippen LogP contribution in [0.1, 0.15) is 6.42 Å². The SMILES string of the molecule is NC(CC(=O)OCC(=O)O)C(=O)O. The van der Waals surface area contributed by atoms with Crippen LogP contribution in [0.15, 0.2) is 0 Å². The molecule has 0 saturated carbocycles. The first kappa shape index (κ1) is 11.4. The van der Waals surface area contributed by atoms with Gasteiger partial charge in [0.25, 0.3) is 0 Å². The second kappa shape index (κ2) is 5.09. The van der Waals surface area contributed by atoms with Crippen molar-refractivity contribution in [3.63, 3.8) is 0 Å². The molecule has 0 rings (SSSR count). The smallest absolute Gasteiger partial charge is 0.341 e. The third-order valence-corrected chi connectivity index (χ3v) is 1.06. The van der Waals surface area contributed by atoms with Gasteiger partial charge in [0.1, 0.15) is 6.04 Å². The minimum absolute atomic E-state index is 0.539. The predicted molar refractivity (Wildman–Crippen MR) is 38.8 cm³/mol. The predicted octanol–water partition coefficient (Wildman–Crippen LogP) is -1.58. The molecule has 0 aliphatic heterocycles. The fourth-order valence-electron chi connectivity index (χ4n) is 0.468. The first-order valence-electron chi connectivity index (χ1n) is 3.29. The van der Waals surface area contributed by atoms with Gasteiger partial charge in [0.15, 0.2) is 6.61 Å². The summed E-state index contributed by atoms with van der Waals surface area (Å²) in [4.78, 5) is 30.7. The van der Waals surface area contributed by atoms with Crippen LogP contribution < -0.4 is 5.73 Å². The summed E-state index contributed by atoms with van der Waals surface area (Å²) < 4.78 is 4.14. The highest BCUT2D eigenvalue weighted by atomic mass is 16.5. The molecule has 0 aliphatic rings. The molecule has 0 fully saturated rings. The third-order valence-electron chi connectivity index (χ3n) is 1.06. The Morgan fingerprint density at radius 2 is 1.85 bits per heavy atom. The minimum atomic E-state index is -1.36. The van der Waals surface area contributed by atoms with Crippen LogP contribution in [0, 0.1) is 0 Å². The molecule has 7 heteroatoms. The maximum atomic E-state index is 10.6. The topological polar surface area (TPSA) is 127 Å². The second-order valence-electron chi connectivity index (χ2n) is 2.20. The molecule has 0 spiro atoms. The molecular weight excluding hydrogens is 182 g/mol. The van der Waals surface area contributed by atoms with E-state index in [9.17, 15) is 14.4 Å². The van der Waals surface area contributed by atoms with Crippen molar-refractivity contribution in [2.75, 3.05) is 6.61 Å². The molecule has 4 N–H and O–H groups in total. The summed E-state index contributed by atoms with van der Waals surface area (Å²) in [5.41, 5.74) is 4.98. The summed E-state index contributed by atoms with van der Waals surface area (Å²) in [5, 5.41) is 16.3. The van der Waals surface area contributed by atoms with E-state index in [1.54, 1.807) is 0 Å². The molecular formula is C6H9NO6. The molecule has 0 aromatic heterocycles. The standard InChI is InChI=1S/C6H9NO6/c7-3(6(11)12)1-5(10)13-2-4(8)9/h3H,1-2,7H2,(H,8,9)(H,11,12). The van der Waals surface area contributed by atoms with E-state index in [2.05, 4.69) is 4.74 Å². The normalized spacial score (nSPS) is 11.8. The number of aliphatic carboxylic acids is 2. The van der Waals surface area contributed by atoms with Gasteiger partial charge in [-0.15, -0.1) is 0 Å². The zero-order valence-corrected chi connectivity index (χ0v) is 6.60. The van der Waals surface area contributed by atoms with E-state index in [4.69, 9.17) is 15.9 Å². The number of hydrogen-bond donors (Lipinski definition) is 3. The number of carboxylic acid groups (broad SMARTS) is 2. The van der Waals surface area contributed by atoms with Crippen molar-refractivity contribution in [3.05, 3.63) is 0 Å². The highest BCUT2D eigenvalue weighted by Crippen LogP contribution is 1.92. The Kier molecular flexibility index (Phi) is 4.45. The van der Waals surface area contributed by atoms with Gasteiger partial charge in [0.05, 0.1) is 6.42 Å². The highest BCUT2D eigenvalue weighted by Gasteiger charge is 2.17. The molecule has 0 aromatic carbocycles. The first-order chi connectivity index (χ1) is 5.93. The van der Waals surface area contributed by atoms with Crippen molar-refractivity contribution in [1.82, 2.24) is 0 Å². The van der Waals surface area contributed by atoms with Crippen molar-refractivity contribution in [2.45, 2.75) is 12.5 Å². The van der Waals surface area contributed by atoms with Crippen LogP contribution >= 0.6 is 0 Å². The maximum Gasteiger partial charge on any atom is 0.341 e. The fraction of sp³-hybridized carbons (Fsp3) is 0.500. The van der Waals surface area contributed by atoms with Gasteiger partial charge in [0.2, 0.25) is 0 Å². The van der Waals surface area contributed by atoms with E-state index in [1.165, 1.54) is 0 Å². The van der Waals surface area contributed by atoms with E-state index in [0.29, 0.717) is 0 Å². The van der Waals surface area contributed by atoms with Gasteiger partial charge in [-0.25, -0.2) is 4.79 Å². The summed E-state index contributed by atoms with van der Waals surface area (Å²) in [6, 6.07) is -1.36. The molecule has 0 amide bonds. The minimum Gasteiger partial charge on any atom is -0.480 e. The summed E-state index contributed by atoms with van der Waals surface area (Å²) in [7, 11) is 0. The molecule has 1 unspecified atom stereocenters. The van der Waals surface area contributed by atoms with Crippen molar-refractivity contribution >= 4 is 17.9 Å². The van der Waals surface area contributed by atoms with Gasteiger partial charge in [-0.3, -0.25) is 9.59 Å². The lowest BCUT2D eigenvalue weighted by molar-refractivity contribution is -0.156. The van der Waals surface area contributed by atoms with Crippen LogP contribution in [-0.4, -0.2) is 40.8 Å². The summed E-state index contributed by atoms with van der Waals surface area (Å²) in [5.74, 6) is -3.60. The molecule has 0 saturated heterocycles. The Hall–Kier alpha value is -1.63. The van der Waals surface area contributed by atoms with Crippen LogP contribution in [0.2, 0.25) is 0 Å². The van der Waals surface area contributed by atoms with Gasteiger partial charge >= 0.3 is 17.9 Å². The average Bonchev–Trinajstić information content (AvgIpc) is 2.00. The van der Waals surface area contributed by atoms with Gasteiger partial charge in [-0.1, -0.05) is 0 Å². The number of nitrogens with two attached hydrogens (primary N) is 1. The largest absolute Gasteiger partial charge is 0.480 e. The molecule has 0 heterocycles. The van der Waals surface area contributed by atoms with Gasteiger partial charge in [-0.05, 0) is 0 Å². The van der Waals surface area contributed by atoms with E-state index in [-0.39, 0.29) is 0 Å². The monoisotopic (exact) mass is 191 g/mol. The Bertz CT molecular complexity index is 225. The van der Waals surface area contributed by atoms with E-state index in [0.717, 1.165) is 0 Å². The van der Waals surface area contributed by atoms with E-state index < -0.39 is 37.0 Å². The molecule has 0 aliphatic carbocycles. The number of ether oxygens (including phenoxy) is 1. The van der Waals surface area contributed by atoms with Gasteiger partial charge < -0.3 is 20.7 Å². The zero-order chi connectivity index (χ0) is 10.4. The second-order valence-corrected chi connectivity index (χ2v) is 2.20. The Labute approximate surface area is 73.1 Å². The van der Waals surface area contributed by atoms with Crippen LogP contribution in [0.25, 0.3) is 0 Å². The first-order valence-corrected chi connectivity index (χ1v) is 3.29. The number of hydrogen-bond acceptors (Lipinski definition) is 5. The number of rotatable bonds is 5. The van der Waals surface area contributed by atoms with Gasteiger partial charge in [0, 0.05) is 0 Å². The lowest BCUT2D eigenvalue weighted by Gasteiger charge is -2.04. The summed E-state index contributed by atoms with van der Waals surface area (Å²) >= 11 is 0. The van der Waals surface area contributed by atoms with Crippen LogP contribution in [0.4, 0.5) is 0 Å². The number of carbonyl (C=O) groups is 3. The summed E-state index contributed by atoms with van der Waals surface area (Å²) in [6.45, 7) is -0.787. The lowest BCUT2D eigenvalue weighted by atomic mass is 10.2. The Balaban J connectivity index is 3.74. The fourth-order valence-corrected chi connectivity index (χ4v) is 0.468. The Morgan fingerprint density at radius 1 is 1.31 bits per heavy atom. The van der Waals surface area contributed by atoms with E-state index in [1.807, 2.05) is 0 Å². The lowest BCUT2D eigenvalue weighted by Crippen LogP contribution is -2.33. The molecule has 0 aromatic rings. The van der Waals surface area contributed by atoms with Crippen LogP contribution in [0.3, 0.4) is 0 Å². The quantitative estimate of drug-likeness (QED) is 0.447. The highest BCUT2D eigenvalue weighted by molar-refractivity contribution is 5.82.